The van der Waals surface area contributed by atoms with E-state index >= 15 is 0 Å². The van der Waals surface area contributed by atoms with Gasteiger partial charge >= 0.3 is 12.3 Å². The van der Waals surface area contributed by atoms with Crippen LogP contribution in [0.15, 0.2) is 24.3 Å². The van der Waals surface area contributed by atoms with E-state index < -0.39 is 24.5 Å². The van der Waals surface area contributed by atoms with Crippen molar-refractivity contribution in [1.29, 1.82) is 0 Å². The van der Waals surface area contributed by atoms with Crippen molar-refractivity contribution < 1.29 is 27.4 Å². The largest absolute Gasteiger partial charge is 0.482 e. The summed E-state index contributed by atoms with van der Waals surface area (Å²) in [6, 6.07) is 5.83. The summed E-state index contributed by atoms with van der Waals surface area (Å²) >= 11 is 0. The fourth-order valence-electron chi connectivity index (χ4n) is 1.27. The van der Waals surface area contributed by atoms with Crippen molar-refractivity contribution >= 4 is 11.8 Å². The van der Waals surface area contributed by atoms with Crippen LogP contribution in [0.2, 0.25) is 0 Å². The van der Waals surface area contributed by atoms with Crippen molar-refractivity contribution in [1.82, 2.24) is 0 Å². The maximum Gasteiger partial charge on any atom is 0.422 e. The van der Waals surface area contributed by atoms with Gasteiger partial charge < -0.3 is 9.47 Å². The minimum atomic E-state index is -4.45. The van der Waals surface area contributed by atoms with Gasteiger partial charge in [0, 0.05) is 0 Å². The predicted octanol–water partition coefficient (Wildman–Crippen LogP) is 3.97. The van der Waals surface area contributed by atoms with Crippen LogP contribution in [-0.2, 0) is 4.74 Å². The lowest BCUT2D eigenvalue weighted by atomic mass is 10.2. The monoisotopic (exact) mass is 291 g/mol. The molecular formula is C13H16F3NO3. The van der Waals surface area contributed by atoms with Gasteiger partial charge in [-0.1, -0.05) is 12.1 Å². The minimum Gasteiger partial charge on any atom is -0.482 e. The fraction of sp³-hybridized carbons (Fsp3) is 0.462. The summed E-state index contributed by atoms with van der Waals surface area (Å²) in [5.74, 6) is -0.0734. The predicted molar refractivity (Wildman–Crippen MR) is 67.8 cm³/mol. The standard InChI is InChI=1S/C13H16F3NO3/c1-12(2,3)20-11(18)17-9-6-4-5-7-10(9)19-8-13(14,15)16/h4-7H,8H2,1-3H3,(H,17,18). The first kappa shape index (κ1) is 16.1. The number of halogens is 3. The normalized spacial score (nSPS) is 11.9. The zero-order chi connectivity index (χ0) is 15.4. The molecule has 0 saturated carbocycles. The molecule has 1 rings (SSSR count). The molecule has 0 aliphatic rings. The molecule has 1 N–H and O–H groups in total. The average molecular weight is 291 g/mol. The Labute approximate surface area is 114 Å². The van der Waals surface area contributed by atoms with Crippen LogP contribution in [0.4, 0.5) is 23.7 Å². The van der Waals surface area contributed by atoms with E-state index in [4.69, 9.17) is 4.74 Å². The number of alkyl halides is 3. The smallest absolute Gasteiger partial charge is 0.422 e. The van der Waals surface area contributed by atoms with Gasteiger partial charge in [0.1, 0.15) is 11.4 Å². The van der Waals surface area contributed by atoms with Crippen molar-refractivity contribution in [3.05, 3.63) is 24.3 Å². The SMILES string of the molecule is CC(C)(C)OC(=O)Nc1ccccc1OCC(F)(F)F. The van der Waals surface area contributed by atoms with Crippen LogP contribution in [-0.4, -0.2) is 24.5 Å². The summed E-state index contributed by atoms with van der Waals surface area (Å²) in [7, 11) is 0. The molecule has 0 aromatic heterocycles. The molecule has 4 nitrogen and oxygen atoms in total. The van der Waals surface area contributed by atoms with Gasteiger partial charge in [-0.05, 0) is 32.9 Å². The van der Waals surface area contributed by atoms with Crippen molar-refractivity contribution in [3.8, 4) is 5.75 Å². The van der Waals surface area contributed by atoms with Crippen LogP contribution in [0.3, 0.4) is 0 Å². The number of nitrogens with one attached hydrogen (secondary N) is 1. The Morgan fingerprint density at radius 2 is 1.80 bits per heavy atom. The number of benzene rings is 1. The second-order valence-electron chi connectivity index (χ2n) is 5.03. The van der Waals surface area contributed by atoms with E-state index in [1.807, 2.05) is 0 Å². The third-order valence-corrected chi connectivity index (χ3v) is 1.91. The lowest BCUT2D eigenvalue weighted by Gasteiger charge is -2.20. The summed E-state index contributed by atoms with van der Waals surface area (Å²) in [5, 5.41) is 2.35. The maximum atomic E-state index is 12.1. The lowest BCUT2D eigenvalue weighted by molar-refractivity contribution is -0.153. The van der Waals surface area contributed by atoms with Gasteiger partial charge in [-0.2, -0.15) is 13.2 Å². The number of carbonyl (C=O) groups is 1. The Balaban J connectivity index is 2.73. The van der Waals surface area contributed by atoms with Gasteiger partial charge in [0.05, 0.1) is 5.69 Å². The van der Waals surface area contributed by atoms with Crippen LogP contribution in [0.5, 0.6) is 5.75 Å². The fourth-order valence-corrected chi connectivity index (χ4v) is 1.27. The van der Waals surface area contributed by atoms with E-state index in [0.29, 0.717) is 0 Å². The summed E-state index contributed by atoms with van der Waals surface area (Å²) in [5.41, 5.74) is -0.586. The zero-order valence-electron chi connectivity index (χ0n) is 11.4. The van der Waals surface area contributed by atoms with E-state index in [1.54, 1.807) is 26.8 Å². The highest BCUT2D eigenvalue weighted by Crippen LogP contribution is 2.26. The molecule has 0 aliphatic heterocycles. The van der Waals surface area contributed by atoms with Crippen LogP contribution < -0.4 is 10.1 Å². The van der Waals surface area contributed by atoms with Gasteiger partial charge in [-0.3, -0.25) is 5.32 Å². The van der Waals surface area contributed by atoms with Gasteiger partial charge in [0.15, 0.2) is 6.61 Å². The lowest BCUT2D eigenvalue weighted by Crippen LogP contribution is -2.27. The van der Waals surface area contributed by atoms with Crippen LogP contribution in [0.25, 0.3) is 0 Å². The third kappa shape index (κ3) is 6.31. The molecule has 0 aliphatic carbocycles. The molecule has 0 atom stereocenters. The van der Waals surface area contributed by atoms with E-state index in [9.17, 15) is 18.0 Å². The Kier molecular flexibility index (Phi) is 4.86. The first-order valence-electron chi connectivity index (χ1n) is 5.85. The molecule has 0 saturated heterocycles. The van der Waals surface area contributed by atoms with E-state index in [-0.39, 0.29) is 11.4 Å². The molecule has 1 aromatic rings. The maximum absolute atomic E-state index is 12.1. The number of hydrogen-bond acceptors (Lipinski definition) is 3. The first-order valence-corrected chi connectivity index (χ1v) is 5.85. The van der Waals surface area contributed by atoms with Crippen molar-refractivity contribution in [2.45, 2.75) is 32.5 Å². The van der Waals surface area contributed by atoms with E-state index in [2.05, 4.69) is 10.1 Å². The van der Waals surface area contributed by atoms with Gasteiger partial charge in [-0.25, -0.2) is 4.79 Å². The Bertz CT molecular complexity index is 467. The number of anilines is 1. The van der Waals surface area contributed by atoms with Gasteiger partial charge in [0.2, 0.25) is 0 Å². The highest BCUT2D eigenvalue weighted by molar-refractivity contribution is 5.86. The minimum absolute atomic E-state index is 0.0734. The summed E-state index contributed by atoms with van der Waals surface area (Å²) in [6.07, 6.45) is -5.21. The molecule has 0 bridgehead atoms. The number of amides is 1. The Morgan fingerprint density at radius 1 is 1.20 bits per heavy atom. The van der Waals surface area contributed by atoms with Crippen molar-refractivity contribution in [2.24, 2.45) is 0 Å². The molecule has 112 valence electrons. The first-order chi connectivity index (χ1) is 9.07. The molecule has 7 heteroatoms. The Morgan fingerprint density at radius 3 is 2.35 bits per heavy atom. The molecular weight excluding hydrogens is 275 g/mol. The molecule has 20 heavy (non-hydrogen) atoms. The number of para-hydroxylation sites is 2. The van der Waals surface area contributed by atoms with Crippen molar-refractivity contribution in [3.63, 3.8) is 0 Å². The zero-order valence-corrected chi connectivity index (χ0v) is 11.4. The molecule has 0 radical (unpaired) electrons. The summed E-state index contributed by atoms with van der Waals surface area (Å²) < 4.78 is 46.0. The Hall–Kier alpha value is -1.92. The number of carbonyl (C=O) groups excluding carboxylic acids is 1. The van der Waals surface area contributed by atoms with Crippen LogP contribution >= 0.6 is 0 Å². The van der Waals surface area contributed by atoms with E-state index in [0.717, 1.165) is 0 Å². The quantitative estimate of drug-likeness (QED) is 0.916. The van der Waals surface area contributed by atoms with Crippen molar-refractivity contribution in [2.75, 3.05) is 11.9 Å². The van der Waals surface area contributed by atoms with Crippen LogP contribution in [0, 0.1) is 0 Å². The number of ether oxygens (including phenoxy) is 2. The highest BCUT2D eigenvalue weighted by atomic mass is 19.4. The molecule has 0 fully saturated rings. The second-order valence-corrected chi connectivity index (χ2v) is 5.03. The van der Waals surface area contributed by atoms with E-state index in [1.165, 1.54) is 18.2 Å². The summed E-state index contributed by atoms with van der Waals surface area (Å²) in [6.45, 7) is 3.61. The molecule has 1 aromatic carbocycles. The van der Waals surface area contributed by atoms with Crippen LogP contribution in [0.1, 0.15) is 20.8 Å². The highest BCUT2D eigenvalue weighted by Gasteiger charge is 2.29. The third-order valence-electron chi connectivity index (χ3n) is 1.91. The molecule has 0 unspecified atom stereocenters. The van der Waals surface area contributed by atoms with Gasteiger partial charge in [-0.15, -0.1) is 0 Å². The molecule has 0 spiro atoms. The second kappa shape index (κ2) is 6.02. The van der Waals surface area contributed by atoms with Gasteiger partial charge in [0.25, 0.3) is 0 Å². The number of hydrogen-bond donors (Lipinski definition) is 1. The summed E-state index contributed by atoms with van der Waals surface area (Å²) in [4.78, 5) is 11.6. The average Bonchev–Trinajstić information content (AvgIpc) is 2.24. The molecule has 1 amide bonds. The topological polar surface area (TPSA) is 47.6 Å². The number of rotatable bonds is 3. The molecule has 0 heterocycles.